The third-order valence-electron chi connectivity index (χ3n) is 2.98. The van der Waals surface area contributed by atoms with E-state index in [1.807, 2.05) is 31.2 Å². The number of aryl methyl sites for hydroxylation is 1. The monoisotopic (exact) mass is 233 g/mol. The fourth-order valence-corrected chi connectivity index (χ4v) is 2.10. The van der Waals surface area contributed by atoms with Crippen molar-refractivity contribution in [1.29, 1.82) is 0 Å². The van der Waals surface area contributed by atoms with Crippen molar-refractivity contribution in [3.63, 3.8) is 0 Å². The highest BCUT2D eigenvalue weighted by atomic mass is 14.9. The molecule has 0 atom stereocenters. The van der Waals surface area contributed by atoms with Crippen LogP contribution in [0.1, 0.15) is 11.1 Å². The zero-order valence-corrected chi connectivity index (χ0v) is 9.94. The maximum absolute atomic E-state index is 5.94. The van der Waals surface area contributed by atoms with Gasteiger partial charge in [0, 0.05) is 22.5 Å². The molecule has 3 heteroatoms. The lowest BCUT2D eigenvalue weighted by atomic mass is 10.1. The fourth-order valence-electron chi connectivity index (χ4n) is 2.10. The molecule has 0 aliphatic rings. The van der Waals surface area contributed by atoms with E-state index in [0.29, 0.717) is 11.3 Å². The molecule has 0 bridgehead atoms. The van der Waals surface area contributed by atoms with Gasteiger partial charge in [0.15, 0.2) is 5.82 Å². The molecule has 0 saturated carbocycles. The molecule has 3 aromatic rings. The Balaban J connectivity index is 2.55. The zero-order valence-electron chi connectivity index (χ0n) is 9.94. The maximum atomic E-state index is 5.94. The third-order valence-corrected chi connectivity index (χ3v) is 2.98. The lowest BCUT2D eigenvalue weighted by molar-refractivity contribution is 1.34. The number of benzene rings is 1. The molecule has 2 aromatic heterocycles. The third kappa shape index (κ3) is 1.47. The van der Waals surface area contributed by atoms with Crippen molar-refractivity contribution in [1.82, 2.24) is 9.97 Å². The van der Waals surface area contributed by atoms with Gasteiger partial charge in [-0.15, -0.1) is 6.42 Å². The summed E-state index contributed by atoms with van der Waals surface area (Å²) in [4.78, 5) is 8.68. The van der Waals surface area contributed by atoms with Gasteiger partial charge in [-0.3, -0.25) is 4.98 Å². The number of aromatic nitrogens is 2. The first-order valence-corrected chi connectivity index (χ1v) is 5.61. The summed E-state index contributed by atoms with van der Waals surface area (Å²) in [7, 11) is 0. The number of pyridine rings is 2. The highest BCUT2D eigenvalue weighted by molar-refractivity contribution is 6.08. The summed E-state index contributed by atoms with van der Waals surface area (Å²) in [5.74, 6) is 3.03. The van der Waals surface area contributed by atoms with Gasteiger partial charge in [0.1, 0.15) is 5.52 Å². The van der Waals surface area contributed by atoms with Crippen LogP contribution in [0.3, 0.4) is 0 Å². The first kappa shape index (κ1) is 10.5. The van der Waals surface area contributed by atoms with E-state index in [0.717, 1.165) is 27.4 Å². The van der Waals surface area contributed by atoms with Gasteiger partial charge in [0.25, 0.3) is 0 Å². The van der Waals surface area contributed by atoms with Crippen molar-refractivity contribution in [2.75, 3.05) is 5.73 Å². The molecule has 0 radical (unpaired) electrons. The maximum Gasteiger partial charge on any atom is 0.150 e. The second-order valence-electron chi connectivity index (χ2n) is 4.28. The topological polar surface area (TPSA) is 51.8 Å². The van der Waals surface area contributed by atoms with E-state index in [1.165, 1.54) is 0 Å². The van der Waals surface area contributed by atoms with E-state index in [2.05, 4.69) is 15.9 Å². The van der Waals surface area contributed by atoms with Crippen molar-refractivity contribution in [3.05, 3.63) is 41.6 Å². The van der Waals surface area contributed by atoms with Gasteiger partial charge in [-0.05, 0) is 24.6 Å². The Morgan fingerprint density at radius 3 is 2.83 bits per heavy atom. The smallest absolute Gasteiger partial charge is 0.150 e. The van der Waals surface area contributed by atoms with Gasteiger partial charge >= 0.3 is 0 Å². The van der Waals surface area contributed by atoms with Gasteiger partial charge in [0.2, 0.25) is 0 Å². The minimum absolute atomic E-state index is 0.437. The standard InChI is InChI=1S/C15H11N3/c1-3-10-7-12-11-5-4-9(2)6-13(11)18-15(16)14(12)17-8-10/h1,4-8H,2H3,(H2,16,18). The summed E-state index contributed by atoms with van der Waals surface area (Å²) in [5.41, 5.74) is 9.40. The molecule has 0 aliphatic heterocycles. The molecule has 0 unspecified atom stereocenters. The molecule has 0 aliphatic carbocycles. The number of fused-ring (bicyclic) bond motifs is 3. The first-order chi connectivity index (χ1) is 8.69. The summed E-state index contributed by atoms with van der Waals surface area (Å²) in [6.45, 7) is 2.03. The Morgan fingerprint density at radius 1 is 1.22 bits per heavy atom. The van der Waals surface area contributed by atoms with Gasteiger partial charge < -0.3 is 5.73 Å². The Morgan fingerprint density at radius 2 is 2.06 bits per heavy atom. The molecular weight excluding hydrogens is 222 g/mol. The van der Waals surface area contributed by atoms with Crippen molar-refractivity contribution in [2.45, 2.75) is 6.92 Å². The second-order valence-corrected chi connectivity index (χ2v) is 4.28. The van der Waals surface area contributed by atoms with Crippen LogP contribution < -0.4 is 5.73 Å². The van der Waals surface area contributed by atoms with Crippen LogP contribution >= 0.6 is 0 Å². The minimum atomic E-state index is 0.437. The predicted octanol–water partition coefficient (Wildman–Crippen LogP) is 2.65. The summed E-state index contributed by atoms with van der Waals surface area (Å²) < 4.78 is 0. The van der Waals surface area contributed by atoms with Crippen LogP contribution in [0.4, 0.5) is 5.82 Å². The molecule has 0 fully saturated rings. The largest absolute Gasteiger partial charge is 0.382 e. The zero-order chi connectivity index (χ0) is 12.7. The van der Waals surface area contributed by atoms with Crippen LogP contribution in [0.15, 0.2) is 30.5 Å². The summed E-state index contributed by atoms with van der Waals surface area (Å²) in [6, 6.07) is 8.01. The molecule has 86 valence electrons. The molecule has 3 nitrogen and oxygen atoms in total. The average molecular weight is 233 g/mol. The van der Waals surface area contributed by atoms with Gasteiger partial charge in [0.05, 0.1) is 5.52 Å². The van der Waals surface area contributed by atoms with Crippen molar-refractivity contribution < 1.29 is 0 Å². The van der Waals surface area contributed by atoms with E-state index in [-0.39, 0.29) is 0 Å². The van der Waals surface area contributed by atoms with Crippen LogP contribution in [-0.2, 0) is 0 Å². The van der Waals surface area contributed by atoms with E-state index in [9.17, 15) is 0 Å². The van der Waals surface area contributed by atoms with Gasteiger partial charge in [-0.1, -0.05) is 18.1 Å². The highest BCUT2D eigenvalue weighted by Crippen LogP contribution is 2.27. The van der Waals surface area contributed by atoms with Crippen LogP contribution in [0.25, 0.3) is 21.8 Å². The number of nitrogens with zero attached hydrogens (tertiary/aromatic N) is 2. The Labute approximate surface area is 105 Å². The lowest BCUT2D eigenvalue weighted by Gasteiger charge is -2.06. The minimum Gasteiger partial charge on any atom is -0.382 e. The number of hydrogen-bond donors (Lipinski definition) is 1. The number of nitrogens with two attached hydrogens (primary N) is 1. The van der Waals surface area contributed by atoms with Crippen LogP contribution in [0.2, 0.25) is 0 Å². The van der Waals surface area contributed by atoms with E-state index < -0.39 is 0 Å². The number of anilines is 1. The predicted molar refractivity (Wildman–Crippen MR) is 74.1 cm³/mol. The van der Waals surface area contributed by atoms with Crippen LogP contribution in [-0.4, -0.2) is 9.97 Å². The molecule has 3 rings (SSSR count). The van der Waals surface area contributed by atoms with Crippen LogP contribution in [0.5, 0.6) is 0 Å². The second kappa shape index (κ2) is 3.71. The van der Waals surface area contributed by atoms with Gasteiger partial charge in [-0.25, -0.2) is 4.98 Å². The molecule has 0 amide bonds. The molecule has 1 aromatic carbocycles. The quantitative estimate of drug-likeness (QED) is 0.479. The van der Waals surface area contributed by atoms with E-state index >= 15 is 0 Å². The molecule has 2 N–H and O–H groups in total. The van der Waals surface area contributed by atoms with Crippen LogP contribution in [0, 0.1) is 19.3 Å². The molecule has 0 saturated heterocycles. The summed E-state index contributed by atoms with van der Waals surface area (Å²) in [6.07, 6.45) is 7.05. The summed E-state index contributed by atoms with van der Waals surface area (Å²) in [5, 5.41) is 1.97. The van der Waals surface area contributed by atoms with Crippen molar-refractivity contribution in [3.8, 4) is 12.3 Å². The Bertz CT molecular complexity index is 813. The van der Waals surface area contributed by atoms with Gasteiger partial charge in [-0.2, -0.15) is 0 Å². The fraction of sp³-hybridized carbons (Fsp3) is 0.0667. The average Bonchev–Trinajstić information content (AvgIpc) is 2.38. The normalized spacial score (nSPS) is 10.7. The lowest BCUT2D eigenvalue weighted by Crippen LogP contribution is -1.96. The van der Waals surface area contributed by atoms with Crippen molar-refractivity contribution >= 4 is 27.6 Å². The van der Waals surface area contributed by atoms with E-state index in [1.54, 1.807) is 6.20 Å². The van der Waals surface area contributed by atoms with E-state index in [4.69, 9.17) is 12.2 Å². The molecule has 2 heterocycles. The molecule has 0 spiro atoms. The number of rotatable bonds is 0. The van der Waals surface area contributed by atoms with Crippen molar-refractivity contribution in [2.24, 2.45) is 0 Å². The number of nitrogen functional groups attached to an aromatic ring is 1. The molecule has 18 heavy (non-hydrogen) atoms. The SMILES string of the molecule is C#Cc1cnc2c(N)nc3cc(C)ccc3c2c1. The Hall–Kier alpha value is -2.60. The summed E-state index contributed by atoms with van der Waals surface area (Å²) >= 11 is 0. The highest BCUT2D eigenvalue weighted by Gasteiger charge is 2.07. The molecular formula is C15H11N3. The first-order valence-electron chi connectivity index (χ1n) is 5.61. The number of terminal acetylenes is 1. The Kier molecular flexibility index (Phi) is 2.17. The number of hydrogen-bond acceptors (Lipinski definition) is 3.